The largest absolute Gasteiger partial charge is 0.314 e. The molecule has 1 saturated heterocycles. The second-order valence-corrected chi connectivity index (χ2v) is 6.33. The summed E-state index contributed by atoms with van der Waals surface area (Å²) in [5.41, 5.74) is 0.846. The lowest BCUT2D eigenvalue weighted by atomic mass is 10.2. The van der Waals surface area contributed by atoms with Gasteiger partial charge in [-0.25, -0.2) is 8.42 Å². The average molecular weight is 254 g/mol. The van der Waals surface area contributed by atoms with E-state index < -0.39 is 10.0 Å². The molecular formula is C12H18N2O2S. The van der Waals surface area contributed by atoms with Gasteiger partial charge in [0.1, 0.15) is 0 Å². The van der Waals surface area contributed by atoms with E-state index in [0.29, 0.717) is 6.54 Å². The Labute approximate surface area is 103 Å². The summed E-state index contributed by atoms with van der Waals surface area (Å²) in [6, 6.07) is 9.37. The number of piperazine rings is 1. The van der Waals surface area contributed by atoms with Gasteiger partial charge in [-0.1, -0.05) is 30.3 Å². The first-order valence-electron chi connectivity index (χ1n) is 5.84. The Morgan fingerprint density at radius 2 is 2.06 bits per heavy atom. The quantitative estimate of drug-likeness (QED) is 0.868. The molecule has 94 valence electrons. The van der Waals surface area contributed by atoms with Gasteiger partial charge < -0.3 is 5.32 Å². The molecule has 17 heavy (non-hydrogen) atoms. The van der Waals surface area contributed by atoms with Gasteiger partial charge in [0.15, 0.2) is 0 Å². The van der Waals surface area contributed by atoms with Crippen LogP contribution in [0.25, 0.3) is 0 Å². The maximum atomic E-state index is 12.3. The van der Waals surface area contributed by atoms with E-state index in [4.69, 9.17) is 0 Å². The molecule has 2 rings (SSSR count). The molecule has 1 aromatic carbocycles. The average Bonchev–Trinajstić information content (AvgIpc) is 2.30. The van der Waals surface area contributed by atoms with Gasteiger partial charge in [-0.15, -0.1) is 0 Å². The summed E-state index contributed by atoms with van der Waals surface area (Å²) in [4.78, 5) is 0. The van der Waals surface area contributed by atoms with E-state index in [1.54, 1.807) is 4.31 Å². The highest BCUT2D eigenvalue weighted by atomic mass is 32.2. The number of benzene rings is 1. The Bertz CT molecular complexity index is 459. The van der Waals surface area contributed by atoms with Gasteiger partial charge >= 0.3 is 0 Å². The summed E-state index contributed by atoms with van der Waals surface area (Å²) in [5.74, 6) is 0.0954. The highest BCUT2D eigenvalue weighted by Gasteiger charge is 2.29. The topological polar surface area (TPSA) is 49.4 Å². The van der Waals surface area contributed by atoms with Crippen molar-refractivity contribution in [2.75, 3.05) is 19.6 Å². The van der Waals surface area contributed by atoms with E-state index in [9.17, 15) is 8.42 Å². The fourth-order valence-electron chi connectivity index (χ4n) is 2.10. The molecule has 1 aromatic rings. The highest BCUT2D eigenvalue weighted by molar-refractivity contribution is 7.88. The van der Waals surface area contributed by atoms with E-state index in [2.05, 4.69) is 5.32 Å². The van der Waals surface area contributed by atoms with E-state index in [-0.39, 0.29) is 11.8 Å². The van der Waals surface area contributed by atoms with Crippen LogP contribution in [0.5, 0.6) is 0 Å². The lowest BCUT2D eigenvalue weighted by Gasteiger charge is -2.32. The standard InChI is InChI=1S/C12H18N2O2S/c1-11-9-13-7-8-14(11)17(15,16)10-12-5-3-2-4-6-12/h2-6,11,13H,7-10H2,1H3. The zero-order valence-electron chi connectivity index (χ0n) is 9.96. The van der Waals surface area contributed by atoms with E-state index >= 15 is 0 Å². The maximum Gasteiger partial charge on any atom is 0.218 e. The third-order valence-electron chi connectivity index (χ3n) is 2.99. The van der Waals surface area contributed by atoms with Crippen molar-refractivity contribution in [2.45, 2.75) is 18.7 Å². The van der Waals surface area contributed by atoms with Crippen LogP contribution in [0, 0.1) is 0 Å². The highest BCUT2D eigenvalue weighted by Crippen LogP contribution is 2.14. The molecule has 1 N–H and O–H groups in total. The van der Waals surface area contributed by atoms with Gasteiger partial charge in [-0.2, -0.15) is 4.31 Å². The Morgan fingerprint density at radius 1 is 1.35 bits per heavy atom. The molecule has 0 saturated carbocycles. The molecule has 1 heterocycles. The van der Waals surface area contributed by atoms with E-state index in [1.807, 2.05) is 37.3 Å². The summed E-state index contributed by atoms with van der Waals surface area (Å²) in [6.07, 6.45) is 0. The summed E-state index contributed by atoms with van der Waals surface area (Å²) < 4.78 is 26.1. The van der Waals surface area contributed by atoms with Gasteiger partial charge in [0.05, 0.1) is 5.75 Å². The van der Waals surface area contributed by atoms with Crippen molar-refractivity contribution in [3.63, 3.8) is 0 Å². The first-order valence-corrected chi connectivity index (χ1v) is 7.45. The predicted octanol–water partition coefficient (Wildman–Crippen LogP) is 0.810. The number of hydrogen-bond donors (Lipinski definition) is 1. The van der Waals surface area contributed by atoms with E-state index in [0.717, 1.165) is 18.7 Å². The number of hydrogen-bond acceptors (Lipinski definition) is 3. The van der Waals surface area contributed by atoms with Gasteiger partial charge in [0, 0.05) is 25.7 Å². The summed E-state index contributed by atoms with van der Waals surface area (Å²) in [6.45, 7) is 3.97. The third-order valence-corrected chi connectivity index (χ3v) is 4.94. The molecule has 1 aliphatic rings. The van der Waals surface area contributed by atoms with Crippen molar-refractivity contribution in [3.05, 3.63) is 35.9 Å². The molecule has 5 heteroatoms. The van der Waals surface area contributed by atoms with Gasteiger partial charge in [-0.05, 0) is 12.5 Å². The van der Waals surface area contributed by atoms with Crippen molar-refractivity contribution < 1.29 is 8.42 Å². The van der Waals surface area contributed by atoms with Crippen molar-refractivity contribution in [1.82, 2.24) is 9.62 Å². The molecular weight excluding hydrogens is 236 g/mol. The molecule has 0 radical (unpaired) electrons. The molecule has 0 spiro atoms. The number of sulfonamides is 1. The Morgan fingerprint density at radius 3 is 2.71 bits per heavy atom. The van der Waals surface area contributed by atoms with Crippen LogP contribution in [-0.4, -0.2) is 38.4 Å². The van der Waals surface area contributed by atoms with Crippen LogP contribution >= 0.6 is 0 Å². The van der Waals surface area contributed by atoms with Crippen molar-refractivity contribution in [2.24, 2.45) is 0 Å². The van der Waals surface area contributed by atoms with Crippen LogP contribution in [0.2, 0.25) is 0 Å². The fourth-order valence-corrected chi connectivity index (χ4v) is 3.88. The molecule has 4 nitrogen and oxygen atoms in total. The van der Waals surface area contributed by atoms with Crippen LogP contribution in [0.4, 0.5) is 0 Å². The van der Waals surface area contributed by atoms with Crippen molar-refractivity contribution in [3.8, 4) is 0 Å². The SMILES string of the molecule is CC1CNCCN1S(=O)(=O)Cc1ccccc1. The lowest BCUT2D eigenvalue weighted by Crippen LogP contribution is -2.52. The second-order valence-electron chi connectivity index (χ2n) is 4.41. The molecule has 0 amide bonds. The Hall–Kier alpha value is -0.910. The number of rotatable bonds is 3. The minimum atomic E-state index is -3.19. The first-order chi connectivity index (χ1) is 8.09. The summed E-state index contributed by atoms with van der Waals surface area (Å²) in [7, 11) is -3.19. The second kappa shape index (κ2) is 5.16. The van der Waals surface area contributed by atoms with E-state index in [1.165, 1.54) is 0 Å². The van der Waals surface area contributed by atoms with Gasteiger partial charge in [0.2, 0.25) is 10.0 Å². The summed E-state index contributed by atoms with van der Waals surface area (Å²) in [5, 5.41) is 3.19. The molecule has 1 unspecified atom stereocenters. The summed E-state index contributed by atoms with van der Waals surface area (Å²) >= 11 is 0. The molecule has 0 bridgehead atoms. The molecule has 0 aromatic heterocycles. The van der Waals surface area contributed by atoms with Crippen molar-refractivity contribution >= 4 is 10.0 Å². The van der Waals surface area contributed by atoms with Gasteiger partial charge in [-0.3, -0.25) is 0 Å². The van der Waals surface area contributed by atoms with Crippen molar-refractivity contribution in [1.29, 1.82) is 0 Å². The van der Waals surface area contributed by atoms with Crippen LogP contribution in [0.1, 0.15) is 12.5 Å². The fraction of sp³-hybridized carbons (Fsp3) is 0.500. The monoisotopic (exact) mass is 254 g/mol. The normalized spacial score (nSPS) is 22.5. The van der Waals surface area contributed by atoms with Gasteiger partial charge in [0.25, 0.3) is 0 Å². The molecule has 1 atom stereocenters. The van der Waals surface area contributed by atoms with Crippen LogP contribution < -0.4 is 5.32 Å². The zero-order valence-corrected chi connectivity index (χ0v) is 10.8. The minimum Gasteiger partial charge on any atom is -0.314 e. The van der Waals surface area contributed by atoms with Crippen LogP contribution in [-0.2, 0) is 15.8 Å². The lowest BCUT2D eigenvalue weighted by molar-refractivity contribution is 0.283. The molecule has 1 fully saturated rings. The minimum absolute atomic E-state index is 0.0393. The number of nitrogens with zero attached hydrogens (tertiary/aromatic N) is 1. The maximum absolute atomic E-state index is 12.3. The Kier molecular flexibility index (Phi) is 3.81. The van der Waals surface area contributed by atoms with Crippen LogP contribution in [0.15, 0.2) is 30.3 Å². The zero-order chi connectivity index (χ0) is 12.3. The predicted molar refractivity (Wildman–Crippen MR) is 68.1 cm³/mol. The molecule has 1 aliphatic heterocycles. The Balaban J connectivity index is 2.13. The molecule has 0 aliphatic carbocycles. The number of nitrogens with one attached hydrogen (secondary N) is 1. The third kappa shape index (κ3) is 3.06. The smallest absolute Gasteiger partial charge is 0.218 e. The van der Waals surface area contributed by atoms with Crippen LogP contribution in [0.3, 0.4) is 0 Å². The first kappa shape index (κ1) is 12.5.